The molecule has 1 aromatic rings. The summed E-state index contributed by atoms with van der Waals surface area (Å²) in [5.74, 6) is -1.54. The molecule has 1 aliphatic heterocycles. The molecule has 2 amide bonds. The summed E-state index contributed by atoms with van der Waals surface area (Å²) < 4.78 is 0. The Morgan fingerprint density at radius 1 is 1.17 bits per heavy atom. The molecule has 0 bridgehead atoms. The van der Waals surface area contributed by atoms with Crippen molar-refractivity contribution >= 4 is 17.8 Å². The van der Waals surface area contributed by atoms with E-state index >= 15 is 0 Å². The Hall–Kier alpha value is -2.44. The van der Waals surface area contributed by atoms with Gasteiger partial charge in [0.05, 0.1) is 0 Å². The number of aromatic nitrogens is 1. The van der Waals surface area contributed by atoms with E-state index in [0.29, 0.717) is 0 Å². The van der Waals surface area contributed by atoms with Crippen LogP contribution in [0.5, 0.6) is 0 Å². The average Bonchev–Trinajstić information content (AvgIpc) is 2.84. The van der Waals surface area contributed by atoms with Crippen LogP contribution in [0.3, 0.4) is 0 Å². The molecular weight excluding hydrogens is 298 g/mol. The lowest BCUT2D eigenvalue weighted by molar-refractivity contribution is -0.131. The van der Waals surface area contributed by atoms with Crippen molar-refractivity contribution in [2.45, 2.75) is 32.1 Å². The molecule has 0 radical (unpaired) electrons. The number of carboxylic acid groups (broad SMARTS) is 1. The molecule has 1 aliphatic rings. The lowest BCUT2D eigenvalue weighted by Gasteiger charge is -2.20. The van der Waals surface area contributed by atoms with Gasteiger partial charge < -0.3 is 15.3 Å². The van der Waals surface area contributed by atoms with Crippen LogP contribution in [0.15, 0.2) is 18.3 Å². The zero-order chi connectivity index (χ0) is 16.7. The topological polar surface area (TPSA) is 99.6 Å². The van der Waals surface area contributed by atoms with Crippen molar-refractivity contribution < 1.29 is 19.5 Å². The number of rotatable bonds is 5. The smallest absolute Gasteiger partial charge is 0.354 e. The summed E-state index contributed by atoms with van der Waals surface area (Å²) in [7, 11) is 0. The van der Waals surface area contributed by atoms with Crippen molar-refractivity contribution in [1.82, 2.24) is 15.2 Å². The van der Waals surface area contributed by atoms with E-state index in [9.17, 15) is 14.4 Å². The summed E-state index contributed by atoms with van der Waals surface area (Å²) in [6.07, 6.45) is 5.92. The molecule has 124 valence electrons. The molecule has 1 saturated heterocycles. The Kier molecular flexibility index (Phi) is 6.08. The summed E-state index contributed by atoms with van der Waals surface area (Å²) in [4.78, 5) is 40.4. The number of likely N-dealkylation sites (tertiary alicyclic amines) is 1. The lowest BCUT2D eigenvalue weighted by Crippen LogP contribution is -2.35. The van der Waals surface area contributed by atoms with Crippen LogP contribution in [0.2, 0.25) is 0 Å². The van der Waals surface area contributed by atoms with Crippen LogP contribution in [0, 0.1) is 0 Å². The monoisotopic (exact) mass is 319 g/mol. The predicted molar refractivity (Wildman–Crippen MR) is 83.2 cm³/mol. The molecule has 0 aromatic carbocycles. The maximum Gasteiger partial charge on any atom is 0.354 e. The first kappa shape index (κ1) is 16.9. The van der Waals surface area contributed by atoms with Crippen LogP contribution < -0.4 is 5.32 Å². The van der Waals surface area contributed by atoms with Crippen LogP contribution in [0.1, 0.15) is 53.0 Å². The molecule has 1 aromatic heterocycles. The van der Waals surface area contributed by atoms with E-state index in [0.717, 1.165) is 38.8 Å². The number of amides is 2. The Morgan fingerprint density at radius 2 is 1.87 bits per heavy atom. The second-order valence-electron chi connectivity index (χ2n) is 5.54. The molecule has 2 heterocycles. The summed E-state index contributed by atoms with van der Waals surface area (Å²) >= 11 is 0. The molecule has 0 aliphatic carbocycles. The van der Waals surface area contributed by atoms with Gasteiger partial charge in [-0.15, -0.1) is 0 Å². The van der Waals surface area contributed by atoms with Crippen molar-refractivity contribution in [3.63, 3.8) is 0 Å². The normalized spacial score (nSPS) is 14.9. The average molecular weight is 319 g/mol. The molecule has 0 spiro atoms. The van der Waals surface area contributed by atoms with E-state index < -0.39 is 11.9 Å². The van der Waals surface area contributed by atoms with Gasteiger partial charge in [0.1, 0.15) is 5.69 Å². The van der Waals surface area contributed by atoms with Gasteiger partial charge in [-0.05, 0) is 25.0 Å². The van der Waals surface area contributed by atoms with Crippen LogP contribution in [-0.4, -0.2) is 52.4 Å². The minimum atomic E-state index is -1.18. The van der Waals surface area contributed by atoms with Crippen LogP contribution in [0.4, 0.5) is 0 Å². The number of carbonyl (C=O) groups is 3. The van der Waals surface area contributed by atoms with Gasteiger partial charge in [-0.1, -0.05) is 12.8 Å². The van der Waals surface area contributed by atoms with Crippen molar-refractivity contribution in [3.8, 4) is 0 Å². The van der Waals surface area contributed by atoms with Gasteiger partial charge in [0.15, 0.2) is 0 Å². The fraction of sp³-hybridized carbons (Fsp3) is 0.500. The van der Waals surface area contributed by atoms with E-state index in [-0.39, 0.29) is 30.1 Å². The van der Waals surface area contributed by atoms with Crippen molar-refractivity contribution in [3.05, 3.63) is 29.6 Å². The number of aromatic carboxylic acids is 1. The minimum absolute atomic E-state index is 0.0492. The third kappa shape index (κ3) is 5.05. The first-order chi connectivity index (χ1) is 11.1. The van der Waals surface area contributed by atoms with Gasteiger partial charge >= 0.3 is 5.97 Å². The number of carboxylic acids is 1. The molecule has 7 heteroatoms. The maximum absolute atomic E-state index is 12.1. The van der Waals surface area contributed by atoms with Gasteiger partial charge in [-0.3, -0.25) is 9.59 Å². The number of nitrogens with one attached hydrogen (secondary N) is 1. The fourth-order valence-corrected chi connectivity index (χ4v) is 2.55. The molecular formula is C16H21N3O4. The number of pyridine rings is 1. The highest BCUT2D eigenvalue weighted by Crippen LogP contribution is 2.10. The Balaban J connectivity index is 1.81. The predicted octanol–water partition coefficient (Wildman–Crippen LogP) is 1.30. The lowest BCUT2D eigenvalue weighted by atomic mass is 10.2. The van der Waals surface area contributed by atoms with Gasteiger partial charge in [0.25, 0.3) is 5.91 Å². The summed E-state index contributed by atoms with van der Waals surface area (Å²) in [5, 5.41) is 11.5. The van der Waals surface area contributed by atoms with Crippen LogP contribution in [-0.2, 0) is 4.79 Å². The minimum Gasteiger partial charge on any atom is -0.477 e. The highest BCUT2D eigenvalue weighted by molar-refractivity contribution is 5.96. The van der Waals surface area contributed by atoms with Gasteiger partial charge in [0.2, 0.25) is 5.91 Å². The van der Waals surface area contributed by atoms with Gasteiger partial charge in [-0.2, -0.15) is 0 Å². The first-order valence-electron chi connectivity index (χ1n) is 7.83. The molecule has 0 unspecified atom stereocenters. The van der Waals surface area contributed by atoms with Crippen LogP contribution in [0.25, 0.3) is 0 Å². The largest absolute Gasteiger partial charge is 0.477 e. The highest BCUT2D eigenvalue weighted by Gasteiger charge is 2.16. The van der Waals surface area contributed by atoms with E-state index in [1.807, 2.05) is 4.90 Å². The van der Waals surface area contributed by atoms with Crippen molar-refractivity contribution in [2.24, 2.45) is 0 Å². The van der Waals surface area contributed by atoms with E-state index in [1.54, 1.807) is 0 Å². The first-order valence-corrected chi connectivity index (χ1v) is 7.83. The Morgan fingerprint density at radius 3 is 2.52 bits per heavy atom. The number of carbonyl (C=O) groups excluding carboxylic acids is 2. The number of hydrogen-bond acceptors (Lipinski definition) is 4. The summed E-state index contributed by atoms with van der Waals surface area (Å²) in [5.41, 5.74) is 0.0397. The number of hydrogen-bond donors (Lipinski definition) is 2. The van der Waals surface area contributed by atoms with Gasteiger partial charge in [-0.25, -0.2) is 9.78 Å². The second kappa shape index (κ2) is 8.26. The van der Waals surface area contributed by atoms with E-state index in [2.05, 4.69) is 10.3 Å². The van der Waals surface area contributed by atoms with Crippen LogP contribution >= 0.6 is 0 Å². The van der Waals surface area contributed by atoms with E-state index in [1.165, 1.54) is 18.3 Å². The molecule has 0 atom stereocenters. The van der Waals surface area contributed by atoms with Gasteiger partial charge in [0, 0.05) is 37.8 Å². The summed E-state index contributed by atoms with van der Waals surface area (Å²) in [6.45, 7) is 1.82. The third-order valence-electron chi connectivity index (χ3n) is 3.82. The standard InChI is InChI=1S/C16H21N3O4/c20-14(19-9-3-1-2-4-10-19)6-8-18-15(21)12-5-7-17-13(11-12)16(22)23/h5,7,11H,1-4,6,8-10H2,(H,18,21)(H,22,23). The Bertz CT molecular complexity index is 580. The molecule has 1 fully saturated rings. The second-order valence-corrected chi connectivity index (χ2v) is 5.54. The molecule has 2 rings (SSSR count). The zero-order valence-electron chi connectivity index (χ0n) is 13.0. The zero-order valence-corrected chi connectivity index (χ0v) is 13.0. The summed E-state index contributed by atoms with van der Waals surface area (Å²) in [6, 6.07) is 2.66. The van der Waals surface area contributed by atoms with Crippen molar-refractivity contribution in [1.29, 1.82) is 0 Å². The molecule has 2 N–H and O–H groups in total. The number of nitrogens with zero attached hydrogens (tertiary/aromatic N) is 2. The highest BCUT2D eigenvalue weighted by atomic mass is 16.4. The fourth-order valence-electron chi connectivity index (χ4n) is 2.55. The quantitative estimate of drug-likeness (QED) is 0.852. The third-order valence-corrected chi connectivity index (χ3v) is 3.82. The maximum atomic E-state index is 12.1. The molecule has 0 saturated carbocycles. The SMILES string of the molecule is O=C(NCCC(=O)N1CCCCCC1)c1ccnc(C(=O)O)c1. The Labute approximate surface area is 134 Å². The molecule has 7 nitrogen and oxygen atoms in total. The van der Waals surface area contributed by atoms with Crippen molar-refractivity contribution in [2.75, 3.05) is 19.6 Å². The molecule has 23 heavy (non-hydrogen) atoms. The van der Waals surface area contributed by atoms with E-state index in [4.69, 9.17) is 5.11 Å².